The number of phenolic OH excluding ortho intramolecular Hbond substituents is 1. The van der Waals surface area contributed by atoms with Crippen LogP contribution in [0.4, 0.5) is 11.4 Å². The van der Waals surface area contributed by atoms with Gasteiger partial charge in [0.05, 0.1) is 11.7 Å². The van der Waals surface area contributed by atoms with Crippen molar-refractivity contribution < 1.29 is 9.90 Å². The molecule has 0 spiro atoms. The van der Waals surface area contributed by atoms with E-state index < -0.39 is 0 Å². The van der Waals surface area contributed by atoms with E-state index >= 15 is 0 Å². The van der Waals surface area contributed by atoms with Crippen LogP contribution in [0.3, 0.4) is 0 Å². The summed E-state index contributed by atoms with van der Waals surface area (Å²) in [5.74, 6) is 0.310. The van der Waals surface area contributed by atoms with Gasteiger partial charge < -0.3 is 15.3 Å². The van der Waals surface area contributed by atoms with Crippen LogP contribution in [-0.2, 0) is 4.79 Å². The molecule has 28 heavy (non-hydrogen) atoms. The number of aromatic hydroxyl groups is 1. The summed E-state index contributed by atoms with van der Waals surface area (Å²) in [6, 6.07) is 21.3. The molecule has 5 heteroatoms. The SMILES string of the molecule is C[C@H](C(=O)Nc1ccc2ccccc2c1)N1CCN(c2ccccc2O)CC1. The topological polar surface area (TPSA) is 55.8 Å². The second-order valence-electron chi connectivity index (χ2n) is 7.24. The molecule has 0 radical (unpaired) electrons. The number of nitrogens with one attached hydrogen (secondary N) is 1. The fraction of sp³-hybridized carbons (Fsp3) is 0.261. The zero-order valence-electron chi connectivity index (χ0n) is 16.0. The Labute approximate surface area is 165 Å². The third-order valence-electron chi connectivity index (χ3n) is 5.48. The van der Waals surface area contributed by atoms with Crippen LogP contribution in [0, 0.1) is 0 Å². The zero-order valence-corrected chi connectivity index (χ0v) is 16.0. The zero-order chi connectivity index (χ0) is 19.5. The molecule has 0 unspecified atom stereocenters. The molecule has 3 aromatic rings. The molecular weight excluding hydrogens is 350 g/mol. The minimum atomic E-state index is -0.210. The van der Waals surface area contributed by atoms with Crippen molar-refractivity contribution in [3.8, 4) is 5.75 Å². The van der Waals surface area contributed by atoms with E-state index in [1.54, 1.807) is 6.07 Å². The van der Waals surface area contributed by atoms with Gasteiger partial charge in [-0.1, -0.05) is 42.5 Å². The first-order valence-corrected chi connectivity index (χ1v) is 9.68. The van der Waals surface area contributed by atoms with E-state index in [0.29, 0.717) is 5.75 Å². The number of amides is 1. The van der Waals surface area contributed by atoms with E-state index in [0.717, 1.165) is 48.3 Å². The summed E-state index contributed by atoms with van der Waals surface area (Å²) < 4.78 is 0. The number of nitrogens with zero attached hydrogens (tertiary/aromatic N) is 2. The van der Waals surface area contributed by atoms with Crippen LogP contribution in [0.5, 0.6) is 5.75 Å². The molecule has 1 heterocycles. The lowest BCUT2D eigenvalue weighted by molar-refractivity contribution is -0.120. The van der Waals surface area contributed by atoms with Crippen LogP contribution in [0.25, 0.3) is 10.8 Å². The molecule has 0 saturated carbocycles. The van der Waals surface area contributed by atoms with Crippen LogP contribution >= 0.6 is 0 Å². The number of rotatable bonds is 4. The largest absolute Gasteiger partial charge is 0.506 e. The standard InChI is InChI=1S/C23H25N3O2/c1-17(23(28)24-20-11-10-18-6-2-3-7-19(18)16-20)25-12-14-26(15-13-25)21-8-4-5-9-22(21)27/h2-11,16-17,27H,12-15H2,1H3,(H,24,28)/t17-/m1/s1. The third kappa shape index (κ3) is 3.80. The second-order valence-corrected chi connectivity index (χ2v) is 7.24. The molecule has 144 valence electrons. The Morgan fingerprint density at radius 1 is 0.929 bits per heavy atom. The molecule has 1 atom stereocenters. The highest BCUT2D eigenvalue weighted by Gasteiger charge is 2.26. The summed E-state index contributed by atoms with van der Waals surface area (Å²) in [5, 5.41) is 15.4. The predicted octanol–water partition coefficient (Wildman–Crippen LogP) is 3.69. The molecular formula is C23H25N3O2. The van der Waals surface area contributed by atoms with Crippen LogP contribution in [0.15, 0.2) is 66.7 Å². The van der Waals surface area contributed by atoms with Gasteiger partial charge in [-0.25, -0.2) is 0 Å². The van der Waals surface area contributed by atoms with Crippen molar-refractivity contribution >= 4 is 28.1 Å². The first-order valence-electron chi connectivity index (χ1n) is 9.68. The normalized spacial score (nSPS) is 16.1. The maximum Gasteiger partial charge on any atom is 0.241 e. The van der Waals surface area contributed by atoms with E-state index in [1.807, 2.05) is 61.5 Å². The summed E-state index contributed by atoms with van der Waals surface area (Å²) in [4.78, 5) is 17.1. The average molecular weight is 375 g/mol. The molecule has 2 N–H and O–H groups in total. The molecule has 0 aliphatic carbocycles. The van der Waals surface area contributed by atoms with Gasteiger partial charge in [-0.15, -0.1) is 0 Å². The van der Waals surface area contributed by atoms with Gasteiger partial charge in [0.2, 0.25) is 5.91 Å². The van der Waals surface area contributed by atoms with Crippen molar-refractivity contribution in [1.82, 2.24) is 4.90 Å². The lowest BCUT2D eigenvalue weighted by Gasteiger charge is -2.38. The summed E-state index contributed by atoms with van der Waals surface area (Å²) in [5.41, 5.74) is 1.68. The molecule has 5 nitrogen and oxygen atoms in total. The number of carbonyl (C=O) groups excluding carboxylic acids is 1. The number of para-hydroxylation sites is 2. The monoisotopic (exact) mass is 375 g/mol. The van der Waals surface area contributed by atoms with E-state index in [4.69, 9.17) is 0 Å². The number of anilines is 2. The van der Waals surface area contributed by atoms with Crippen LogP contribution in [0.2, 0.25) is 0 Å². The number of phenols is 1. The lowest BCUT2D eigenvalue weighted by Crippen LogP contribution is -2.52. The number of fused-ring (bicyclic) bond motifs is 1. The summed E-state index contributed by atoms with van der Waals surface area (Å²) in [6.07, 6.45) is 0. The van der Waals surface area contributed by atoms with E-state index in [2.05, 4.69) is 21.2 Å². The molecule has 1 saturated heterocycles. The molecule has 1 aliphatic heterocycles. The Balaban J connectivity index is 1.37. The molecule has 1 aliphatic rings. The Bertz CT molecular complexity index is 980. The average Bonchev–Trinajstić information content (AvgIpc) is 2.73. The Morgan fingerprint density at radius 2 is 1.61 bits per heavy atom. The smallest absolute Gasteiger partial charge is 0.241 e. The van der Waals surface area contributed by atoms with Crippen LogP contribution in [0.1, 0.15) is 6.92 Å². The molecule has 3 aromatic carbocycles. The second kappa shape index (κ2) is 7.90. The summed E-state index contributed by atoms with van der Waals surface area (Å²) >= 11 is 0. The van der Waals surface area contributed by atoms with E-state index in [-0.39, 0.29) is 11.9 Å². The van der Waals surface area contributed by atoms with E-state index in [1.165, 1.54) is 0 Å². The maximum atomic E-state index is 12.7. The molecule has 1 fully saturated rings. The van der Waals surface area contributed by atoms with Gasteiger partial charge in [0, 0.05) is 31.9 Å². The number of carbonyl (C=O) groups is 1. The molecule has 0 aromatic heterocycles. The first kappa shape index (κ1) is 18.3. The van der Waals surface area contributed by atoms with Crippen molar-refractivity contribution in [1.29, 1.82) is 0 Å². The van der Waals surface area contributed by atoms with Crippen LogP contribution in [-0.4, -0.2) is 48.1 Å². The van der Waals surface area contributed by atoms with Crippen molar-refractivity contribution in [3.63, 3.8) is 0 Å². The highest BCUT2D eigenvalue weighted by Crippen LogP contribution is 2.27. The van der Waals surface area contributed by atoms with Gasteiger partial charge in [0.25, 0.3) is 0 Å². The maximum absolute atomic E-state index is 12.7. The third-order valence-corrected chi connectivity index (χ3v) is 5.48. The molecule has 0 bridgehead atoms. The molecule has 1 amide bonds. The number of benzene rings is 3. The minimum absolute atomic E-state index is 0.00582. The van der Waals surface area contributed by atoms with E-state index in [9.17, 15) is 9.90 Å². The quantitative estimate of drug-likeness (QED) is 0.730. The Kier molecular flexibility index (Phi) is 5.17. The van der Waals surface area contributed by atoms with Gasteiger partial charge in [0.1, 0.15) is 5.75 Å². The van der Waals surface area contributed by atoms with Crippen molar-refractivity contribution in [2.45, 2.75) is 13.0 Å². The fourth-order valence-corrected chi connectivity index (χ4v) is 3.76. The first-order chi connectivity index (χ1) is 13.6. The van der Waals surface area contributed by atoms with Gasteiger partial charge in [-0.3, -0.25) is 9.69 Å². The van der Waals surface area contributed by atoms with Crippen molar-refractivity contribution in [2.75, 3.05) is 36.4 Å². The molecule has 4 rings (SSSR count). The lowest BCUT2D eigenvalue weighted by atomic mass is 10.1. The summed E-state index contributed by atoms with van der Waals surface area (Å²) in [6.45, 7) is 5.07. The fourth-order valence-electron chi connectivity index (χ4n) is 3.76. The Morgan fingerprint density at radius 3 is 2.36 bits per heavy atom. The van der Waals surface area contributed by atoms with Gasteiger partial charge in [-0.05, 0) is 42.0 Å². The van der Waals surface area contributed by atoms with Gasteiger partial charge >= 0.3 is 0 Å². The van der Waals surface area contributed by atoms with Crippen molar-refractivity contribution in [3.05, 3.63) is 66.7 Å². The van der Waals surface area contributed by atoms with Crippen LogP contribution < -0.4 is 10.2 Å². The van der Waals surface area contributed by atoms with Gasteiger partial charge in [-0.2, -0.15) is 0 Å². The Hall–Kier alpha value is -3.05. The number of piperazine rings is 1. The highest BCUT2D eigenvalue weighted by molar-refractivity contribution is 5.97. The number of hydrogen-bond donors (Lipinski definition) is 2. The predicted molar refractivity (Wildman–Crippen MR) is 114 cm³/mol. The minimum Gasteiger partial charge on any atom is -0.506 e. The van der Waals surface area contributed by atoms with Crippen molar-refractivity contribution in [2.24, 2.45) is 0 Å². The van der Waals surface area contributed by atoms with Gasteiger partial charge in [0.15, 0.2) is 0 Å². The number of hydrogen-bond acceptors (Lipinski definition) is 4. The highest BCUT2D eigenvalue weighted by atomic mass is 16.3. The summed E-state index contributed by atoms with van der Waals surface area (Å²) in [7, 11) is 0.